The van der Waals surface area contributed by atoms with Crippen molar-refractivity contribution in [1.82, 2.24) is 0 Å². The van der Waals surface area contributed by atoms with E-state index >= 15 is 0 Å². The molecule has 2 rings (SSSR count). The first kappa shape index (κ1) is 17.0. The van der Waals surface area contributed by atoms with Crippen LogP contribution in [0.5, 0.6) is 0 Å². The summed E-state index contributed by atoms with van der Waals surface area (Å²) in [5.41, 5.74) is 3.71. The van der Waals surface area contributed by atoms with Gasteiger partial charge in [-0.15, -0.1) is 11.8 Å². The minimum absolute atomic E-state index is 0.0185. The molecule has 1 N–H and O–H groups in total. The van der Waals surface area contributed by atoms with Crippen LogP contribution in [0.1, 0.15) is 16.7 Å². The number of aryl methyl sites for hydroxylation is 3. The first-order valence-corrected chi connectivity index (χ1v) is 8.10. The van der Waals surface area contributed by atoms with Crippen LogP contribution in [0.25, 0.3) is 0 Å². The number of amides is 1. The molecule has 5 nitrogen and oxygen atoms in total. The van der Waals surface area contributed by atoms with Crippen molar-refractivity contribution < 1.29 is 9.72 Å². The van der Waals surface area contributed by atoms with Gasteiger partial charge in [0.1, 0.15) is 0 Å². The Morgan fingerprint density at radius 3 is 2.43 bits per heavy atom. The highest BCUT2D eigenvalue weighted by atomic mass is 32.2. The Hall–Kier alpha value is -2.34. The van der Waals surface area contributed by atoms with Gasteiger partial charge in [0.25, 0.3) is 5.69 Å². The fourth-order valence-electron chi connectivity index (χ4n) is 2.04. The molecular weight excluding hydrogens is 312 g/mol. The van der Waals surface area contributed by atoms with Gasteiger partial charge in [0, 0.05) is 22.7 Å². The van der Waals surface area contributed by atoms with E-state index in [0.29, 0.717) is 17.0 Å². The summed E-state index contributed by atoms with van der Waals surface area (Å²) in [4.78, 5) is 23.4. The number of thioether (sulfide) groups is 1. The van der Waals surface area contributed by atoms with Gasteiger partial charge in [-0.25, -0.2) is 0 Å². The van der Waals surface area contributed by atoms with Crippen molar-refractivity contribution in [2.24, 2.45) is 0 Å². The van der Waals surface area contributed by atoms with Gasteiger partial charge in [0.05, 0.1) is 10.7 Å². The number of benzene rings is 2. The van der Waals surface area contributed by atoms with Crippen LogP contribution in [-0.2, 0) is 4.79 Å². The topological polar surface area (TPSA) is 72.2 Å². The molecule has 0 saturated carbocycles. The second kappa shape index (κ2) is 7.28. The smallest absolute Gasteiger partial charge is 0.269 e. The average Bonchev–Trinajstić information content (AvgIpc) is 2.50. The number of nitro benzene ring substituents is 1. The Bertz CT molecular complexity index is 759. The number of hydrogen-bond acceptors (Lipinski definition) is 4. The fourth-order valence-corrected chi connectivity index (χ4v) is 2.83. The van der Waals surface area contributed by atoms with E-state index < -0.39 is 4.92 Å². The van der Waals surface area contributed by atoms with Crippen molar-refractivity contribution in [3.05, 3.63) is 63.2 Å². The molecule has 0 saturated heterocycles. The molecule has 0 bridgehead atoms. The molecule has 0 radical (unpaired) electrons. The number of anilines is 1. The monoisotopic (exact) mass is 330 g/mol. The Labute approximate surface area is 139 Å². The van der Waals surface area contributed by atoms with Gasteiger partial charge in [-0.3, -0.25) is 14.9 Å². The molecule has 0 spiro atoms. The molecule has 2 aromatic carbocycles. The minimum Gasteiger partial charge on any atom is -0.325 e. The zero-order chi connectivity index (χ0) is 17.0. The van der Waals surface area contributed by atoms with Crippen molar-refractivity contribution in [3.63, 3.8) is 0 Å². The summed E-state index contributed by atoms with van der Waals surface area (Å²) >= 11 is 1.46. The SMILES string of the molecule is Cc1ccc(SCC(=O)Nc2ccc([N+](=O)[O-])cc2C)cc1C. The summed E-state index contributed by atoms with van der Waals surface area (Å²) in [5.74, 6) is 0.157. The first-order chi connectivity index (χ1) is 10.9. The van der Waals surface area contributed by atoms with Crippen molar-refractivity contribution in [2.45, 2.75) is 25.7 Å². The lowest BCUT2D eigenvalue weighted by Gasteiger charge is -2.09. The number of nitrogens with one attached hydrogen (secondary N) is 1. The molecule has 2 aromatic rings. The highest BCUT2D eigenvalue weighted by Crippen LogP contribution is 2.23. The molecule has 0 atom stereocenters. The first-order valence-electron chi connectivity index (χ1n) is 7.12. The lowest BCUT2D eigenvalue weighted by atomic mass is 10.1. The summed E-state index contributed by atoms with van der Waals surface area (Å²) in [7, 11) is 0. The van der Waals surface area contributed by atoms with E-state index in [1.165, 1.54) is 35.0 Å². The molecular formula is C17H18N2O3S. The maximum atomic E-state index is 12.0. The van der Waals surface area contributed by atoms with E-state index in [-0.39, 0.29) is 11.6 Å². The van der Waals surface area contributed by atoms with Crippen LogP contribution in [0.4, 0.5) is 11.4 Å². The van der Waals surface area contributed by atoms with Crippen LogP contribution >= 0.6 is 11.8 Å². The molecule has 0 unspecified atom stereocenters. The van der Waals surface area contributed by atoms with E-state index in [2.05, 4.69) is 11.4 Å². The molecule has 0 aliphatic rings. The van der Waals surface area contributed by atoms with Gasteiger partial charge >= 0.3 is 0 Å². The van der Waals surface area contributed by atoms with Gasteiger partial charge in [0.15, 0.2) is 0 Å². The zero-order valence-corrected chi connectivity index (χ0v) is 14.1. The molecule has 0 aromatic heterocycles. The van der Waals surface area contributed by atoms with Gasteiger partial charge in [-0.2, -0.15) is 0 Å². The normalized spacial score (nSPS) is 10.4. The summed E-state index contributed by atoms with van der Waals surface area (Å²) < 4.78 is 0. The number of non-ortho nitro benzene ring substituents is 1. The number of hydrogen-bond donors (Lipinski definition) is 1. The van der Waals surface area contributed by atoms with E-state index in [9.17, 15) is 14.9 Å². The predicted octanol–water partition coefficient (Wildman–Crippen LogP) is 4.25. The lowest BCUT2D eigenvalue weighted by molar-refractivity contribution is -0.384. The number of carbonyl (C=O) groups excluding carboxylic acids is 1. The zero-order valence-electron chi connectivity index (χ0n) is 13.3. The van der Waals surface area contributed by atoms with Crippen LogP contribution in [0, 0.1) is 30.9 Å². The molecule has 0 fully saturated rings. The molecule has 0 aliphatic heterocycles. The van der Waals surface area contributed by atoms with Gasteiger partial charge in [-0.05, 0) is 55.7 Å². The second-order valence-corrected chi connectivity index (χ2v) is 6.39. The number of nitrogens with zero attached hydrogens (tertiary/aromatic N) is 1. The fraction of sp³-hybridized carbons (Fsp3) is 0.235. The Morgan fingerprint density at radius 2 is 1.83 bits per heavy atom. The van der Waals surface area contributed by atoms with Crippen LogP contribution < -0.4 is 5.32 Å². The van der Waals surface area contributed by atoms with Crippen LogP contribution in [0.3, 0.4) is 0 Å². The molecule has 6 heteroatoms. The van der Waals surface area contributed by atoms with Gasteiger partial charge in [-0.1, -0.05) is 6.07 Å². The third kappa shape index (κ3) is 4.56. The summed E-state index contributed by atoms with van der Waals surface area (Å²) in [6.07, 6.45) is 0. The number of rotatable bonds is 5. The molecule has 120 valence electrons. The number of carbonyl (C=O) groups is 1. The van der Waals surface area contributed by atoms with Crippen LogP contribution in [0.2, 0.25) is 0 Å². The maximum absolute atomic E-state index is 12.0. The second-order valence-electron chi connectivity index (χ2n) is 5.34. The molecule has 23 heavy (non-hydrogen) atoms. The summed E-state index contributed by atoms with van der Waals surface area (Å²) in [6, 6.07) is 10.5. The predicted molar refractivity (Wildman–Crippen MR) is 93.1 cm³/mol. The third-order valence-electron chi connectivity index (χ3n) is 3.54. The lowest BCUT2D eigenvalue weighted by Crippen LogP contribution is -2.14. The molecule has 0 aliphatic carbocycles. The van der Waals surface area contributed by atoms with E-state index in [1.54, 1.807) is 13.0 Å². The number of nitro groups is 1. The van der Waals surface area contributed by atoms with Gasteiger partial charge in [0.2, 0.25) is 5.91 Å². The standard InChI is InChI=1S/C17H18N2O3S/c1-11-4-6-15(9-12(11)2)23-10-17(20)18-16-7-5-14(19(21)22)8-13(16)3/h4-9H,10H2,1-3H3,(H,18,20). The van der Waals surface area contributed by atoms with Crippen molar-refractivity contribution in [2.75, 3.05) is 11.1 Å². The Morgan fingerprint density at radius 1 is 1.09 bits per heavy atom. The average molecular weight is 330 g/mol. The largest absolute Gasteiger partial charge is 0.325 e. The molecule has 0 heterocycles. The quantitative estimate of drug-likeness (QED) is 0.505. The highest BCUT2D eigenvalue weighted by molar-refractivity contribution is 8.00. The van der Waals surface area contributed by atoms with Crippen molar-refractivity contribution in [3.8, 4) is 0 Å². The minimum atomic E-state index is -0.450. The van der Waals surface area contributed by atoms with Crippen molar-refractivity contribution >= 4 is 29.0 Å². The van der Waals surface area contributed by atoms with E-state index in [0.717, 1.165) is 4.90 Å². The summed E-state index contributed by atoms with van der Waals surface area (Å²) in [5, 5.41) is 13.5. The van der Waals surface area contributed by atoms with Crippen LogP contribution in [-0.4, -0.2) is 16.6 Å². The third-order valence-corrected chi connectivity index (χ3v) is 4.54. The van der Waals surface area contributed by atoms with Gasteiger partial charge < -0.3 is 5.32 Å². The van der Waals surface area contributed by atoms with Crippen LogP contribution in [0.15, 0.2) is 41.3 Å². The molecule has 1 amide bonds. The van der Waals surface area contributed by atoms with E-state index in [4.69, 9.17) is 0 Å². The maximum Gasteiger partial charge on any atom is 0.269 e. The highest BCUT2D eigenvalue weighted by Gasteiger charge is 2.10. The van der Waals surface area contributed by atoms with Crippen molar-refractivity contribution in [1.29, 1.82) is 0 Å². The van der Waals surface area contributed by atoms with E-state index in [1.807, 2.05) is 26.0 Å². The Balaban J connectivity index is 1.97. The Kier molecular flexibility index (Phi) is 5.39. The summed E-state index contributed by atoms with van der Waals surface area (Å²) in [6.45, 7) is 5.83.